The van der Waals surface area contributed by atoms with Gasteiger partial charge in [-0.3, -0.25) is 9.80 Å². The second kappa shape index (κ2) is 10.8. The second-order valence-corrected chi connectivity index (χ2v) is 10.00. The first kappa shape index (κ1) is 26.8. The lowest BCUT2D eigenvalue weighted by Gasteiger charge is -2.39. The number of piperidine rings is 1. The number of hydrogen-bond donors (Lipinski definition) is 1. The molecule has 2 aliphatic heterocycles. The van der Waals surface area contributed by atoms with E-state index in [-0.39, 0.29) is 24.6 Å². The van der Waals surface area contributed by atoms with Crippen molar-refractivity contribution < 1.29 is 26.7 Å². The van der Waals surface area contributed by atoms with Gasteiger partial charge in [-0.15, -0.1) is 0 Å². The van der Waals surface area contributed by atoms with Crippen LogP contribution >= 0.6 is 0 Å². The minimum atomic E-state index is -4.54. The molecule has 5 rings (SSSR count). The average Bonchev–Trinajstić information content (AvgIpc) is 3.22. The van der Waals surface area contributed by atoms with Crippen LogP contribution in [-0.4, -0.2) is 42.1 Å². The number of hydrogen-bond acceptors (Lipinski definition) is 3. The summed E-state index contributed by atoms with van der Waals surface area (Å²) in [4.78, 5) is 20.3. The molecule has 1 saturated heterocycles. The number of pyridine rings is 1. The average molecular weight is 543 g/mol. The van der Waals surface area contributed by atoms with Crippen LogP contribution in [0.3, 0.4) is 0 Å². The van der Waals surface area contributed by atoms with Gasteiger partial charge in [-0.1, -0.05) is 30.4 Å². The molecule has 0 bridgehead atoms. The van der Waals surface area contributed by atoms with E-state index in [0.29, 0.717) is 38.0 Å². The molecular weight excluding hydrogens is 515 g/mol. The highest BCUT2D eigenvalue weighted by molar-refractivity contribution is 5.95. The van der Waals surface area contributed by atoms with Gasteiger partial charge in [-0.05, 0) is 79.0 Å². The van der Waals surface area contributed by atoms with Crippen LogP contribution in [-0.2, 0) is 18.1 Å². The summed E-state index contributed by atoms with van der Waals surface area (Å²) in [7, 11) is 0. The molecule has 0 unspecified atom stereocenters. The SMILES string of the molecule is O=C(NCc1ccnc(F)c1)N1CC2(CCN(C/C=C/c3ccc(F)cc3)CC2)c2ccc(C(F)(F)F)cc21. The molecule has 1 spiro atoms. The van der Waals surface area contributed by atoms with Crippen molar-refractivity contribution in [3.8, 4) is 0 Å². The van der Waals surface area contributed by atoms with Crippen LogP contribution in [0.2, 0.25) is 0 Å². The van der Waals surface area contributed by atoms with Gasteiger partial charge in [-0.2, -0.15) is 17.6 Å². The fraction of sp³-hybridized carbons (Fsp3) is 0.310. The standard InChI is InChI=1S/C29H27F5N4O/c30-23-6-3-20(4-7-23)2-1-13-37-14-10-28(11-15-37)19-38(25-17-22(29(32,33)34)5-8-24(25)28)27(39)36-18-21-9-12-35-26(31)16-21/h1-9,12,16-17H,10-11,13-15,18-19H2,(H,36,39)/b2-1+. The van der Waals surface area contributed by atoms with E-state index in [1.807, 2.05) is 12.2 Å². The van der Waals surface area contributed by atoms with Gasteiger partial charge in [0.15, 0.2) is 0 Å². The number of carbonyl (C=O) groups is 1. The molecule has 1 fully saturated rings. The van der Waals surface area contributed by atoms with Gasteiger partial charge in [-0.25, -0.2) is 14.2 Å². The number of halogens is 5. The normalized spacial score (nSPS) is 17.1. The Morgan fingerprint density at radius 1 is 1.03 bits per heavy atom. The molecule has 0 atom stereocenters. The Labute approximate surface area is 223 Å². The molecule has 3 aromatic rings. The highest BCUT2D eigenvalue weighted by atomic mass is 19.4. The summed E-state index contributed by atoms with van der Waals surface area (Å²) >= 11 is 0. The van der Waals surface area contributed by atoms with Crippen molar-refractivity contribution in [2.45, 2.75) is 31.0 Å². The fourth-order valence-electron chi connectivity index (χ4n) is 5.36. The maximum absolute atomic E-state index is 13.5. The summed E-state index contributed by atoms with van der Waals surface area (Å²) in [5, 5.41) is 2.71. The number of carbonyl (C=O) groups excluding carboxylic acids is 1. The van der Waals surface area contributed by atoms with Gasteiger partial charge >= 0.3 is 12.2 Å². The fourth-order valence-corrected chi connectivity index (χ4v) is 5.36. The number of nitrogens with zero attached hydrogens (tertiary/aromatic N) is 3. The van der Waals surface area contributed by atoms with Crippen molar-refractivity contribution >= 4 is 17.8 Å². The smallest absolute Gasteiger partial charge is 0.334 e. The first-order valence-electron chi connectivity index (χ1n) is 12.6. The summed E-state index contributed by atoms with van der Waals surface area (Å²) in [6, 6.07) is 12.1. The van der Waals surface area contributed by atoms with Crippen LogP contribution in [0.5, 0.6) is 0 Å². The lowest BCUT2D eigenvalue weighted by atomic mass is 9.74. The van der Waals surface area contributed by atoms with Crippen molar-refractivity contribution in [2.24, 2.45) is 0 Å². The highest BCUT2D eigenvalue weighted by Crippen LogP contribution is 2.48. The number of anilines is 1. The molecule has 2 amide bonds. The number of rotatable bonds is 5. The van der Waals surface area contributed by atoms with Gasteiger partial charge in [0, 0.05) is 36.9 Å². The quantitative estimate of drug-likeness (QED) is 0.311. The predicted octanol–water partition coefficient (Wildman–Crippen LogP) is 6.16. The Bertz CT molecular complexity index is 1360. The van der Waals surface area contributed by atoms with Crippen LogP contribution in [0.1, 0.15) is 35.1 Å². The third kappa shape index (κ3) is 5.95. The molecule has 3 heterocycles. The molecule has 2 aromatic carbocycles. The Kier molecular flexibility index (Phi) is 7.40. The van der Waals surface area contributed by atoms with Crippen molar-refractivity contribution in [2.75, 3.05) is 31.1 Å². The molecule has 1 N–H and O–H groups in total. The monoisotopic (exact) mass is 542 g/mol. The number of urea groups is 1. The van der Waals surface area contributed by atoms with E-state index in [1.54, 1.807) is 18.2 Å². The number of likely N-dealkylation sites (tertiary alicyclic amines) is 1. The molecule has 39 heavy (non-hydrogen) atoms. The van der Waals surface area contributed by atoms with Crippen LogP contribution in [0, 0.1) is 11.8 Å². The van der Waals surface area contributed by atoms with Crippen LogP contribution in [0.4, 0.5) is 32.4 Å². The molecule has 0 aliphatic carbocycles. The predicted molar refractivity (Wildman–Crippen MR) is 138 cm³/mol. The third-order valence-corrected chi connectivity index (χ3v) is 7.48. The van der Waals surface area contributed by atoms with Crippen LogP contribution < -0.4 is 10.2 Å². The van der Waals surface area contributed by atoms with E-state index in [2.05, 4.69) is 15.2 Å². The molecule has 204 valence electrons. The Morgan fingerprint density at radius 3 is 2.46 bits per heavy atom. The van der Waals surface area contributed by atoms with Gasteiger partial charge in [0.2, 0.25) is 5.95 Å². The van der Waals surface area contributed by atoms with E-state index in [9.17, 15) is 26.7 Å². The highest BCUT2D eigenvalue weighted by Gasteiger charge is 2.47. The van der Waals surface area contributed by atoms with E-state index >= 15 is 0 Å². The van der Waals surface area contributed by atoms with Crippen molar-refractivity contribution in [1.29, 1.82) is 0 Å². The molecule has 1 aromatic heterocycles. The lowest BCUT2D eigenvalue weighted by Crippen LogP contribution is -2.47. The Hall–Kier alpha value is -3.79. The van der Waals surface area contributed by atoms with Gasteiger partial charge in [0.1, 0.15) is 5.82 Å². The molecule has 5 nitrogen and oxygen atoms in total. The third-order valence-electron chi connectivity index (χ3n) is 7.48. The number of benzene rings is 2. The molecular formula is C29H27F5N4O. The number of aromatic nitrogens is 1. The summed E-state index contributed by atoms with van der Waals surface area (Å²) in [5.41, 5.74) is 1.12. The van der Waals surface area contributed by atoms with Crippen molar-refractivity contribution in [3.05, 3.63) is 101 Å². The van der Waals surface area contributed by atoms with Gasteiger partial charge < -0.3 is 5.32 Å². The summed E-state index contributed by atoms with van der Waals surface area (Å²) in [6.45, 7) is 2.38. The second-order valence-electron chi connectivity index (χ2n) is 10.00. The van der Waals surface area contributed by atoms with Crippen LogP contribution in [0.15, 0.2) is 66.9 Å². The first-order chi connectivity index (χ1) is 18.6. The Balaban J connectivity index is 1.30. The molecule has 2 aliphatic rings. The van der Waals surface area contributed by atoms with E-state index < -0.39 is 29.1 Å². The molecule has 10 heteroatoms. The number of alkyl halides is 3. The maximum Gasteiger partial charge on any atom is 0.416 e. The zero-order valence-electron chi connectivity index (χ0n) is 21.0. The van der Waals surface area contributed by atoms with Crippen molar-refractivity contribution in [3.63, 3.8) is 0 Å². The summed E-state index contributed by atoms with van der Waals surface area (Å²) < 4.78 is 67.2. The summed E-state index contributed by atoms with van der Waals surface area (Å²) in [5.74, 6) is -0.969. The topological polar surface area (TPSA) is 48.5 Å². The minimum absolute atomic E-state index is 0.0181. The minimum Gasteiger partial charge on any atom is -0.334 e. The largest absolute Gasteiger partial charge is 0.416 e. The number of fused-ring (bicyclic) bond motifs is 2. The first-order valence-corrected chi connectivity index (χ1v) is 12.6. The number of nitrogens with one attached hydrogen (secondary N) is 1. The Morgan fingerprint density at radius 2 is 1.77 bits per heavy atom. The maximum atomic E-state index is 13.5. The lowest BCUT2D eigenvalue weighted by molar-refractivity contribution is -0.137. The zero-order chi connectivity index (χ0) is 27.6. The van der Waals surface area contributed by atoms with Crippen LogP contribution in [0.25, 0.3) is 6.08 Å². The zero-order valence-corrected chi connectivity index (χ0v) is 21.0. The molecule has 0 radical (unpaired) electrons. The van der Waals surface area contributed by atoms with E-state index in [1.165, 1.54) is 35.4 Å². The van der Waals surface area contributed by atoms with Gasteiger partial charge in [0.25, 0.3) is 0 Å². The van der Waals surface area contributed by atoms with E-state index in [4.69, 9.17) is 0 Å². The number of amides is 2. The van der Waals surface area contributed by atoms with Crippen molar-refractivity contribution in [1.82, 2.24) is 15.2 Å². The van der Waals surface area contributed by atoms with Gasteiger partial charge in [0.05, 0.1) is 5.56 Å². The molecule has 0 saturated carbocycles. The van der Waals surface area contributed by atoms with E-state index in [0.717, 1.165) is 23.3 Å². The summed E-state index contributed by atoms with van der Waals surface area (Å²) in [6.07, 6.45) is 2.03.